The summed E-state index contributed by atoms with van der Waals surface area (Å²) in [6, 6.07) is 6.08. The third-order valence-corrected chi connectivity index (χ3v) is 5.22. The summed E-state index contributed by atoms with van der Waals surface area (Å²) in [5.41, 5.74) is 0.0661. The van der Waals surface area contributed by atoms with E-state index >= 15 is 0 Å². The number of likely N-dealkylation sites (tertiary alicyclic amines) is 1. The summed E-state index contributed by atoms with van der Waals surface area (Å²) < 4.78 is 13.8. The molecule has 1 aromatic carbocycles. The van der Waals surface area contributed by atoms with Crippen LogP contribution in [-0.2, 0) is 11.3 Å². The number of carboxylic acids is 1. The number of rotatable bonds is 4. The van der Waals surface area contributed by atoms with Crippen LogP contribution < -0.4 is 5.32 Å². The average molecular weight is 363 g/mol. The number of aliphatic carboxylic acids is 1. The second kappa shape index (κ2) is 6.79. The van der Waals surface area contributed by atoms with E-state index < -0.39 is 11.4 Å². The molecule has 132 valence electrons. The Kier molecular flexibility index (Phi) is 4.71. The first kappa shape index (κ1) is 17.3. The van der Waals surface area contributed by atoms with Gasteiger partial charge in [0.1, 0.15) is 10.8 Å². The van der Waals surface area contributed by atoms with Crippen molar-refractivity contribution in [1.29, 1.82) is 0 Å². The van der Waals surface area contributed by atoms with Crippen molar-refractivity contribution in [3.05, 3.63) is 40.5 Å². The number of carboxylic acid groups (broad SMARTS) is 1. The molecule has 1 fully saturated rings. The SMILES string of the molecule is CC1(C(=O)O)CCN(C(=O)NCc2nc(-c3ccccc3F)cs2)C1. The highest BCUT2D eigenvalue weighted by Gasteiger charge is 2.42. The van der Waals surface area contributed by atoms with Gasteiger partial charge in [0.15, 0.2) is 0 Å². The van der Waals surface area contributed by atoms with Crippen LogP contribution in [0.2, 0.25) is 0 Å². The van der Waals surface area contributed by atoms with Crippen LogP contribution in [0.15, 0.2) is 29.6 Å². The summed E-state index contributed by atoms with van der Waals surface area (Å²) in [5, 5.41) is 14.4. The van der Waals surface area contributed by atoms with Gasteiger partial charge in [0, 0.05) is 24.0 Å². The van der Waals surface area contributed by atoms with Crippen LogP contribution in [-0.4, -0.2) is 40.1 Å². The molecule has 0 radical (unpaired) electrons. The summed E-state index contributed by atoms with van der Waals surface area (Å²) in [5.74, 6) is -1.23. The standard InChI is InChI=1S/C17H18FN3O3S/c1-17(15(22)23)6-7-21(10-17)16(24)19-8-14-20-13(9-25-14)11-4-2-3-5-12(11)18/h2-5,9H,6-8,10H2,1H3,(H,19,24)(H,22,23). The van der Waals surface area contributed by atoms with Gasteiger partial charge in [-0.3, -0.25) is 4.79 Å². The van der Waals surface area contributed by atoms with Gasteiger partial charge in [0.05, 0.1) is 17.7 Å². The molecule has 0 aliphatic carbocycles. The van der Waals surface area contributed by atoms with E-state index in [9.17, 15) is 19.1 Å². The van der Waals surface area contributed by atoms with Crippen LogP contribution in [0.1, 0.15) is 18.4 Å². The van der Waals surface area contributed by atoms with Crippen LogP contribution >= 0.6 is 11.3 Å². The molecule has 3 rings (SSSR count). The second-order valence-corrected chi connectivity index (χ2v) is 7.25. The first-order valence-electron chi connectivity index (χ1n) is 7.84. The number of urea groups is 1. The van der Waals surface area contributed by atoms with Crippen LogP contribution in [0.5, 0.6) is 0 Å². The third kappa shape index (κ3) is 3.63. The van der Waals surface area contributed by atoms with E-state index in [1.165, 1.54) is 22.3 Å². The molecule has 0 spiro atoms. The summed E-state index contributed by atoms with van der Waals surface area (Å²) >= 11 is 1.34. The number of carbonyl (C=O) groups excluding carboxylic acids is 1. The Morgan fingerprint density at radius 2 is 2.20 bits per heavy atom. The average Bonchev–Trinajstić information content (AvgIpc) is 3.21. The van der Waals surface area contributed by atoms with Crippen LogP contribution in [0.25, 0.3) is 11.3 Å². The summed E-state index contributed by atoms with van der Waals surface area (Å²) in [6.45, 7) is 2.46. The van der Waals surface area contributed by atoms with Gasteiger partial charge in [0.25, 0.3) is 0 Å². The minimum absolute atomic E-state index is 0.187. The molecule has 1 atom stereocenters. The lowest BCUT2D eigenvalue weighted by molar-refractivity contribution is -0.147. The zero-order valence-corrected chi connectivity index (χ0v) is 14.5. The van der Waals surface area contributed by atoms with Crippen molar-refractivity contribution < 1.29 is 19.1 Å². The van der Waals surface area contributed by atoms with E-state index in [1.54, 1.807) is 30.5 Å². The van der Waals surface area contributed by atoms with E-state index in [-0.39, 0.29) is 24.9 Å². The number of aromatic nitrogens is 1. The molecule has 1 saturated heterocycles. The Bertz CT molecular complexity index is 810. The number of nitrogens with one attached hydrogen (secondary N) is 1. The fourth-order valence-electron chi connectivity index (χ4n) is 2.76. The van der Waals surface area contributed by atoms with Gasteiger partial charge < -0.3 is 15.3 Å². The number of amides is 2. The lowest BCUT2D eigenvalue weighted by Gasteiger charge is -2.20. The van der Waals surface area contributed by atoms with Crippen LogP contribution in [0.4, 0.5) is 9.18 Å². The number of benzene rings is 1. The Hall–Kier alpha value is -2.48. The molecule has 2 heterocycles. The zero-order chi connectivity index (χ0) is 18.0. The molecule has 1 aromatic heterocycles. The molecular weight excluding hydrogens is 345 g/mol. The highest BCUT2D eigenvalue weighted by Crippen LogP contribution is 2.30. The molecule has 0 saturated carbocycles. The van der Waals surface area contributed by atoms with Gasteiger partial charge in [-0.25, -0.2) is 14.2 Å². The highest BCUT2D eigenvalue weighted by molar-refractivity contribution is 7.09. The number of hydrogen-bond donors (Lipinski definition) is 2. The second-order valence-electron chi connectivity index (χ2n) is 6.30. The summed E-state index contributed by atoms with van der Waals surface area (Å²) in [6.07, 6.45) is 0.435. The van der Waals surface area contributed by atoms with Crippen molar-refractivity contribution in [2.24, 2.45) is 5.41 Å². The normalized spacial score (nSPS) is 19.8. The molecule has 2 aromatic rings. The zero-order valence-electron chi connectivity index (χ0n) is 13.7. The van der Waals surface area contributed by atoms with E-state index in [0.717, 1.165) is 0 Å². The van der Waals surface area contributed by atoms with E-state index in [0.29, 0.717) is 29.2 Å². The number of halogens is 1. The first-order chi connectivity index (χ1) is 11.9. The Balaban J connectivity index is 1.59. The quantitative estimate of drug-likeness (QED) is 0.875. The maximum atomic E-state index is 13.8. The fraction of sp³-hybridized carbons (Fsp3) is 0.353. The van der Waals surface area contributed by atoms with Gasteiger partial charge in [-0.05, 0) is 25.5 Å². The Morgan fingerprint density at radius 3 is 2.88 bits per heavy atom. The van der Waals surface area contributed by atoms with E-state index in [1.807, 2.05) is 0 Å². The molecule has 1 unspecified atom stereocenters. The maximum Gasteiger partial charge on any atom is 0.317 e. The number of nitrogens with zero attached hydrogens (tertiary/aromatic N) is 2. The minimum Gasteiger partial charge on any atom is -0.481 e. The molecule has 1 aliphatic heterocycles. The predicted octanol–water partition coefficient (Wildman–Crippen LogP) is 2.96. The van der Waals surface area contributed by atoms with Crippen LogP contribution in [0, 0.1) is 11.2 Å². The number of carbonyl (C=O) groups is 2. The molecular formula is C17H18FN3O3S. The lowest BCUT2D eigenvalue weighted by atomic mass is 9.90. The fourth-order valence-corrected chi connectivity index (χ4v) is 3.49. The largest absolute Gasteiger partial charge is 0.481 e. The first-order valence-corrected chi connectivity index (χ1v) is 8.72. The third-order valence-electron chi connectivity index (χ3n) is 4.37. The van der Waals surface area contributed by atoms with Crippen LogP contribution in [0.3, 0.4) is 0 Å². The monoisotopic (exact) mass is 363 g/mol. The molecule has 0 bridgehead atoms. The minimum atomic E-state index is -0.892. The molecule has 25 heavy (non-hydrogen) atoms. The van der Waals surface area contributed by atoms with E-state index in [4.69, 9.17) is 0 Å². The lowest BCUT2D eigenvalue weighted by Crippen LogP contribution is -2.40. The Morgan fingerprint density at radius 1 is 1.44 bits per heavy atom. The molecule has 2 N–H and O–H groups in total. The summed E-state index contributed by atoms with van der Waals surface area (Å²) in [4.78, 5) is 29.3. The van der Waals surface area contributed by atoms with Gasteiger partial charge in [-0.15, -0.1) is 11.3 Å². The number of thiazole rings is 1. The molecule has 1 aliphatic rings. The Labute approximate surface area is 148 Å². The van der Waals surface area contributed by atoms with Crippen molar-refractivity contribution in [2.75, 3.05) is 13.1 Å². The van der Waals surface area contributed by atoms with Crippen molar-refractivity contribution in [3.8, 4) is 11.3 Å². The number of hydrogen-bond acceptors (Lipinski definition) is 4. The van der Waals surface area contributed by atoms with Gasteiger partial charge in [0.2, 0.25) is 0 Å². The smallest absolute Gasteiger partial charge is 0.317 e. The van der Waals surface area contributed by atoms with Gasteiger partial charge >= 0.3 is 12.0 Å². The van der Waals surface area contributed by atoms with Gasteiger partial charge in [-0.2, -0.15) is 0 Å². The van der Waals surface area contributed by atoms with Crippen molar-refractivity contribution in [2.45, 2.75) is 19.9 Å². The van der Waals surface area contributed by atoms with Gasteiger partial charge in [-0.1, -0.05) is 12.1 Å². The van der Waals surface area contributed by atoms with Crippen molar-refractivity contribution in [3.63, 3.8) is 0 Å². The predicted molar refractivity (Wildman–Crippen MR) is 91.7 cm³/mol. The van der Waals surface area contributed by atoms with Crippen molar-refractivity contribution in [1.82, 2.24) is 15.2 Å². The maximum absolute atomic E-state index is 13.8. The molecule has 2 amide bonds. The molecule has 8 heteroatoms. The summed E-state index contributed by atoms with van der Waals surface area (Å²) in [7, 11) is 0. The molecule has 6 nitrogen and oxygen atoms in total. The van der Waals surface area contributed by atoms with E-state index in [2.05, 4.69) is 10.3 Å². The van der Waals surface area contributed by atoms with Crippen molar-refractivity contribution >= 4 is 23.3 Å². The highest BCUT2D eigenvalue weighted by atomic mass is 32.1. The topological polar surface area (TPSA) is 82.5 Å².